The van der Waals surface area contributed by atoms with E-state index in [1.54, 1.807) is 13.0 Å². The molecule has 2 unspecified atom stereocenters. The van der Waals surface area contributed by atoms with Crippen molar-refractivity contribution in [1.29, 1.82) is 0 Å². The molecule has 0 spiro atoms. The van der Waals surface area contributed by atoms with Crippen LogP contribution in [0.2, 0.25) is 0 Å². The maximum absolute atomic E-state index is 13.6. The first-order chi connectivity index (χ1) is 12.1. The lowest BCUT2D eigenvalue weighted by Crippen LogP contribution is -2.41. The summed E-state index contributed by atoms with van der Waals surface area (Å²) in [5.74, 6) is 1.36. The largest absolute Gasteiger partial charge is 0.381 e. The Bertz CT molecular complexity index is 600. The highest BCUT2D eigenvalue weighted by atomic mass is 19.1. The Morgan fingerprint density at radius 2 is 2.16 bits per heavy atom. The second kappa shape index (κ2) is 8.31. The normalized spacial score (nSPS) is 22.0. The zero-order valence-corrected chi connectivity index (χ0v) is 15.5. The molecule has 0 aromatic heterocycles. The van der Waals surface area contributed by atoms with Crippen LogP contribution >= 0.6 is 0 Å². The van der Waals surface area contributed by atoms with Gasteiger partial charge in [0.15, 0.2) is 0 Å². The van der Waals surface area contributed by atoms with Crippen LogP contribution in [0, 0.1) is 24.6 Å². The van der Waals surface area contributed by atoms with Crippen molar-refractivity contribution in [1.82, 2.24) is 4.90 Å². The Morgan fingerprint density at radius 3 is 2.84 bits per heavy atom. The minimum atomic E-state index is -0.167. The Hall–Kier alpha value is -1.42. The summed E-state index contributed by atoms with van der Waals surface area (Å²) >= 11 is 0. The van der Waals surface area contributed by atoms with Crippen molar-refractivity contribution in [3.05, 3.63) is 35.1 Å². The zero-order valence-electron chi connectivity index (χ0n) is 15.5. The Labute approximate surface area is 150 Å². The summed E-state index contributed by atoms with van der Waals surface area (Å²) in [6, 6.07) is 5.34. The van der Waals surface area contributed by atoms with E-state index in [2.05, 4.69) is 0 Å². The number of benzene rings is 1. The number of halogens is 1. The molecule has 0 bridgehead atoms. The summed E-state index contributed by atoms with van der Waals surface area (Å²) in [5, 5.41) is 0. The number of carbonyl (C=O) groups is 1. The van der Waals surface area contributed by atoms with Crippen LogP contribution in [0.5, 0.6) is 0 Å². The minimum Gasteiger partial charge on any atom is -0.381 e. The van der Waals surface area contributed by atoms with Gasteiger partial charge in [0, 0.05) is 26.1 Å². The molecule has 1 aromatic carbocycles. The van der Waals surface area contributed by atoms with E-state index in [0.717, 1.165) is 44.7 Å². The summed E-state index contributed by atoms with van der Waals surface area (Å²) in [6.45, 7) is 6.98. The number of nitrogens with zero attached hydrogens (tertiary/aromatic N) is 1. The second-order valence-electron chi connectivity index (χ2n) is 7.66. The lowest BCUT2D eigenvalue weighted by molar-refractivity contribution is -0.134. The molecule has 2 fully saturated rings. The fourth-order valence-corrected chi connectivity index (χ4v) is 3.98. The van der Waals surface area contributed by atoms with Crippen LogP contribution in [-0.4, -0.2) is 37.1 Å². The third-order valence-corrected chi connectivity index (χ3v) is 5.63. The molecule has 1 saturated heterocycles. The summed E-state index contributed by atoms with van der Waals surface area (Å²) < 4.78 is 19.1. The van der Waals surface area contributed by atoms with Gasteiger partial charge in [0.25, 0.3) is 0 Å². The van der Waals surface area contributed by atoms with Crippen molar-refractivity contribution in [2.75, 3.05) is 26.3 Å². The van der Waals surface area contributed by atoms with Crippen LogP contribution in [-0.2, 0) is 9.53 Å². The van der Waals surface area contributed by atoms with Gasteiger partial charge in [-0.3, -0.25) is 4.79 Å². The lowest BCUT2D eigenvalue weighted by Gasteiger charge is -2.33. The molecule has 3 rings (SSSR count). The van der Waals surface area contributed by atoms with Gasteiger partial charge in [0.2, 0.25) is 5.91 Å². The van der Waals surface area contributed by atoms with E-state index in [0.29, 0.717) is 23.8 Å². The van der Waals surface area contributed by atoms with E-state index in [-0.39, 0.29) is 17.6 Å². The number of likely N-dealkylation sites (tertiary alicyclic amines) is 1. The first-order valence-corrected chi connectivity index (χ1v) is 9.70. The van der Waals surface area contributed by atoms with E-state index in [1.165, 1.54) is 12.8 Å². The van der Waals surface area contributed by atoms with Crippen LogP contribution in [0.25, 0.3) is 0 Å². The van der Waals surface area contributed by atoms with Gasteiger partial charge >= 0.3 is 0 Å². The Morgan fingerprint density at radius 1 is 1.36 bits per heavy atom. The molecule has 4 heteroatoms. The van der Waals surface area contributed by atoms with Gasteiger partial charge in [-0.1, -0.05) is 12.1 Å². The molecule has 0 N–H and O–H groups in total. The van der Waals surface area contributed by atoms with E-state index in [4.69, 9.17) is 4.74 Å². The number of carbonyl (C=O) groups excluding carboxylic acids is 1. The third-order valence-electron chi connectivity index (χ3n) is 5.63. The third kappa shape index (κ3) is 4.81. The van der Waals surface area contributed by atoms with Gasteiger partial charge < -0.3 is 9.64 Å². The molecule has 1 aliphatic heterocycles. The topological polar surface area (TPSA) is 29.5 Å². The van der Waals surface area contributed by atoms with E-state index in [9.17, 15) is 9.18 Å². The SMILES string of the molecule is CCOCC1CCCN(C(=O)CC(c2ccc(F)c(C)c2)C2CC2)C1. The standard InChI is InChI=1S/C21H30FNO2/c1-3-25-14-16-5-4-10-23(13-16)21(24)12-19(17-6-7-17)18-8-9-20(22)15(2)11-18/h8-9,11,16-17,19H,3-7,10,12-14H2,1-2H3. The maximum atomic E-state index is 13.6. The highest BCUT2D eigenvalue weighted by molar-refractivity contribution is 5.77. The van der Waals surface area contributed by atoms with Crippen LogP contribution in [0.3, 0.4) is 0 Å². The Balaban J connectivity index is 1.63. The van der Waals surface area contributed by atoms with Gasteiger partial charge in [-0.05, 0) is 74.5 Å². The number of hydrogen-bond donors (Lipinski definition) is 0. The molecule has 1 amide bonds. The van der Waals surface area contributed by atoms with Gasteiger partial charge in [0.05, 0.1) is 6.61 Å². The quantitative estimate of drug-likeness (QED) is 0.736. The monoisotopic (exact) mass is 347 g/mol. The van der Waals surface area contributed by atoms with Crippen molar-refractivity contribution < 1.29 is 13.9 Å². The van der Waals surface area contributed by atoms with Crippen LogP contribution in [0.15, 0.2) is 18.2 Å². The fourth-order valence-electron chi connectivity index (χ4n) is 3.98. The van der Waals surface area contributed by atoms with Gasteiger partial charge in [-0.15, -0.1) is 0 Å². The molecule has 1 aromatic rings. The van der Waals surface area contributed by atoms with Crippen LogP contribution in [0.1, 0.15) is 56.1 Å². The van der Waals surface area contributed by atoms with E-state index < -0.39 is 0 Å². The fraction of sp³-hybridized carbons (Fsp3) is 0.667. The zero-order chi connectivity index (χ0) is 17.8. The van der Waals surface area contributed by atoms with Gasteiger partial charge in [0.1, 0.15) is 5.82 Å². The minimum absolute atomic E-state index is 0.167. The first-order valence-electron chi connectivity index (χ1n) is 9.70. The summed E-state index contributed by atoms with van der Waals surface area (Å²) in [6.07, 6.45) is 5.12. The smallest absolute Gasteiger partial charge is 0.223 e. The van der Waals surface area contributed by atoms with E-state index in [1.807, 2.05) is 24.0 Å². The van der Waals surface area contributed by atoms with Crippen molar-refractivity contribution in [3.63, 3.8) is 0 Å². The highest BCUT2D eigenvalue weighted by Crippen LogP contribution is 2.45. The van der Waals surface area contributed by atoms with Crippen molar-refractivity contribution >= 4 is 5.91 Å². The average Bonchev–Trinajstić information content (AvgIpc) is 3.45. The summed E-state index contributed by atoms with van der Waals surface area (Å²) in [7, 11) is 0. The maximum Gasteiger partial charge on any atom is 0.223 e. The molecule has 1 saturated carbocycles. The van der Waals surface area contributed by atoms with Crippen LogP contribution < -0.4 is 0 Å². The number of amides is 1. The molecule has 3 nitrogen and oxygen atoms in total. The molecule has 1 aliphatic carbocycles. The molecular weight excluding hydrogens is 317 g/mol. The average molecular weight is 347 g/mol. The van der Waals surface area contributed by atoms with Crippen molar-refractivity contribution in [3.8, 4) is 0 Å². The molecule has 25 heavy (non-hydrogen) atoms. The Kier molecular flexibility index (Phi) is 6.10. The molecule has 1 heterocycles. The first kappa shape index (κ1) is 18.4. The molecule has 138 valence electrons. The summed E-state index contributed by atoms with van der Waals surface area (Å²) in [5.41, 5.74) is 1.79. The van der Waals surface area contributed by atoms with Crippen LogP contribution in [0.4, 0.5) is 4.39 Å². The molecule has 0 radical (unpaired) electrons. The lowest BCUT2D eigenvalue weighted by atomic mass is 9.89. The molecular formula is C21H30FNO2. The number of rotatable bonds is 7. The molecule has 2 aliphatic rings. The van der Waals surface area contributed by atoms with Gasteiger partial charge in [-0.25, -0.2) is 4.39 Å². The van der Waals surface area contributed by atoms with Crippen molar-refractivity contribution in [2.45, 2.75) is 51.9 Å². The highest BCUT2D eigenvalue weighted by Gasteiger charge is 2.35. The van der Waals surface area contributed by atoms with Gasteiger partial charge in [-0.2, -0.15) is 0 Å². The number of ether oxygens (including phenoxy) is 1. The predicted octanol–water partition coefficient (Wildman–Crippen LogP) is 4.29. The number of piperidine rings is 1. The summed E-state index contributed by atoms with van der Waals surface area (Å²) in [4.78, 5) is 14.9. The van der Waals surface area contributed by atoms with Crippen molar-refractivity contribution in [2.24, 2.45) is 11.8 Å². The predicted molar refractivity (Wildman–Crippen MR) is 97.0 cm³/mol. The van der Waals surface area contributed by atoms with E-state index >= 15 is 0 Å². The number of hydrogen-bond acceptors (Lipinski definition) is 2. The molecule has 2 atom stereocenters. The second-order valence-corrected chi connectivity index (χ2v) is 7.66. The number of aryl methyl sites for hydroxylation is 1.